The SMILES string of the molecule is CC(C)(C)OC(=O)CN1CCN([C@H](CCCCNC(=O)OCc2ccccc2)C(=O)OCc2ccccc2)CCN(CC(=O)OC(C)(C)C)CCN([C@H](CC(=O)OCc2ccccc2)C(=O)OCc2ccccc2)CC1. The van der Waals surface area contributed by atoms with Gasteiger partial charge in [-0.15, -0.1) is 0 Å². The van der Waals surface area contributed by atoms with E-state index >= 15 is 0 Å². The largest absolute Gasteiger partial charge is 0.461 e. The number of nitrogens with one attached hydrogen (secondary N) is 1. The van der Waals surface area contributed by atoms with E-state index in [2.05, 4.69) is 5.32 Å². The average Bonchev–Trinajstić information content (AvgIpc) is 3.38. The fraction of sp³-hybridized carbons (Fsp3) is 0.492. The normalized spacial score (nSPS) is 15.4. The van der Waals surface area contributed by atoms with Gasteiger partial charge in [-0.1, -0.05) is 121 Å². The number of alkyl carbamates (subject to hydrolysis) is 1. The standard InChI is InChI=1S/C59H79N5O12/c1-58(2,3)75-53(66)40-61-31-35-63(50(55(68)72-43-47-23-13-8-14-24-47)29-19-20-30-60-57(70)74-45-49-27-17-10-18-28-49)36-32-62(41-54(67)76-59(4,5)6)34-38-64(37-33-61)51(56(69)73-44-48-25-15-9-16-26-48)39-52(65)71-42-46-21-11-7-12-22-46/h7-18,21-28,50-51H,19-20,29-45H2,1-6H3,(H,60,70)/t50-,51-/m1/s1. The highest BCUT2D eigenvalue weighted by Gasteiger charge is 2.34. The first-order valence-corrected chi connectivity index (χ1v) is 26.3. The number of amides is 1. The van der Waals surface area contributed by atoms with Crippen molar-refractivity contribution in [2.75, 3.05) is 72.0 Å². The van der Waals surface area contributed by atoms with Gasteiger partial charge in [-0.05, 0) is 83.1 Å². The number of ether oxygens (including phenoxy) is 6. The summed E-state index contributed by atoms with van der Waals surface area (Å²) in [6, 6.07) is 35.4. The second kappa shape index (κ2) is 31.4. The van der Waals surface area contributed by atoms with Gasteiger partial charge >= 0.3 is 35.9 Å². The van der Waals surface area contributed by atoms with Crippen LogP contribution in [-0.4, -0.2) is 151 Å². The highest BCUT2D eigenvalue weighted by molar-refractivity contribution is 5.83. The predicted octanol–water partition coefficient (Wildman–Crippen LogP) is 7.35. The van der Waals surface area contributed by atoms with Crippen molar-refractivity contribution in [3.63, 3.8) is 0 Å². The fourth-order valence-corrected chi connectivity index (χ4v) is 8.42. The Morgan fingerprint density at radius 3 is 1.20 bits per heavy atom. The lowest BCUT2D eigenvalue weighted by Crippen LogP contribution is -2.54. The van der Waals surface area contributed by atoms with E-state index in [1.165, 1.54) is 0 Å². The smallest absolute Gasteiger partial charge is 0.407 e. The number of benzene rings is 4. The molecule has 1 fully saturated rings. The van der Waals surface area contributed by atoms with Crippen LogP contribution in [0.25, 0.3) is 0 Å². The Bertz CT molecular complexity index is 2340. The van der Waals surface area contributed by atoms with E-state index in [9.17, 15) is 28.8 Å². The molecule has 1 heterocycles. The first-order chi connectivity index (χ1) is 36.4. The molecule has 1 amide bonds. The molecule has 0 radical (unpaired) electrons. The lowest BCUT2D eigenvalue weighted by Gasteiger charge is -2.38. The third kappa shape index (κ3) is 23.9. The van der Waals surface area contributed by atoms with E-state index < -0.39 is 59.2 Å². The molecular weight excluding hydrogens is 971 g/mol. The van der Waals surface area contributed by atoms with Crippen LogP contribution in [0.1, 0.15) is 89.5 Å². The molecule has 1 aliphatic heterocycles. The second-order valence-corrected chi connectivity index (χ2v) is 20.9. The Morgan fingerprint density at radius 2 is 0.803 bits per heavy atom. The molecule has 4 aromatic carbocycles. The van der Waals surface area contributed by atoms with Gasteiger partial charge in [0, 0.05) is 58.9 Å². The number of nitrogens with zero attached hydrogens (tertiary/aromatic N) is 4. The molecule has 1 saturated heterocycles. The molecule has 1 aliphatic rings. The minimum absolute atomic E-state index is 0.0107. The van der Waals surface area contributed by atoms with Gasteiger partial charge in [0.1, 0.15) is 49.7 Å². The maximum atomic E-state index is 14.4. The number of hydrogen-bond donors (Lipinski definition) is 1. The topological polar surface area (TPSA) is 183 Å². The van der Waals surface area contributed by atoms with Crippen LogP contribution < -0.4 is 5.32 Å². The number of carbonyl (C=O) groups is 6. The summed E-state index contributed by atoms with van der Waals surface area (Å²) < 4.78 is 34.7. The number of esters is 5. The zero-order valence-corrected chi connectivity index (χ0v) is 45.3. The minimum atomic E-state index is -1.11. The Morgan fingerprint density at radius 1 is 0.447 bits per heavy atom. The highest BCUT2D eigenvalue weighted by Crippen LogP contribution is 2.18. The van der Waals surface area contributed by atoms with Crippen molar-refractivity contribution in [3.05, 3.63) is 144 Å². The van der Waals surface area contributed by atoms with Crippen molar-refractivity contribution < 1.29 is 57.2 Å². The van der Waals surface area contributed by atoms with Crippen molar-refractivity contribution in [2.24, 2.45) is 0 Å². The van der Waals surface area contributed by atoms with Gasteiger partial charge in [0.05, 0.1) is 19.5 Å². The maximum absolute atomic E-state index is 14.4. The van der Waals surface area contributed by atoms with Crippen LogP contribution in [0.5, 0.6) is 0 Å². The molecule has 2 atom stereocenters. The summed E-state index contributed by atoms with van der Waals surface area (Å²) in [5.74, 6) is -2.60. The zero-order valence-electron chi connectivity index (χ0n) is 45.3. The third-order valence-electron chi connectivity index (χ3n) is 12.2. The molecule has 17 nitrogen and oxygen atoms in total. The van der Waals surface area contributed by atoms with Crippen LogP contribution in [-0.2, 0) is 78.8 Å². The van der Waals surface area contributed by atoms with Crippen LogP contribution in [0.15, 0.2) is 121 Å². The van der Waals surface area contributed by atoms with Crippen LogP contribution in [0.3, 0.4) is 0 Å². The number of rotatable bonds is 23. The fourth-order valence-electron chi connectivity index (χ4n) is 8.42. The van der Waals surface area contributed by atoms with E-state index in [1.807, 2.05) is 141 Å². The summed E-state index contributed by atoms with van der Waals surface area (Å²) >= 11 is 0. The molecule has 0 unspecified atom stereocenters. The van der Waals surface area contributed by atoms with E-state index in [1.54, 1.807) is 41.5 Å². The lowest BCUT2D eigenvalue weighted by molar-refractivity contribution is -0.159. The van der Waals surface area contributed by atoms with Crippen LogP contribution >= 0.6 is 0 Å². The quantitative estimate of drug-likeness (QED) is 0.0442. The third-order valence-corrected chi connectivity index (χ3v) is 12.2. The molecule has 0 aliphatic carbocycles. The molecular formula is C59H79N5O12. The van der Waals surface area contributed by atoms with Gasteiger partial charge in [0.15, 0.2) is 0 Å². The van der Waals surface area contributed by atoms with Crippen molar-refractivity contribution in [1.29, 1.82) is 0 Å². The summed E-state index contributed by atoms with van der Waals surface area (Å²) in [5, 5.41) is 2.81. The first-order valence-electron chi connectivity index (χ1n) is 26.3. The first kappa shape index (κ1) is 60.2. The summed E-state index contributed by atoms with van der Waals surface area (Å²) in [4.78, 5) is 90.2. The van der Waals surface area contributed by atoms with Crippen molar-refractivity contribution in [3.8, 4) is 0 Å². The zero-order chi connectivity index (χ0) is 54.8. The second-order valence-electron chi connectivity index (χ2n) is 20.9. The summed E-state index contributed by atoms with van der Waals surface area (Å²) in [6.45, 7) is 13.0. The van der Waals surface area contributed by atoms with Gasteiger partial charge in [-0.25, -0.2) is 4.79 Å². The van der Waals surface area contributed by atoms with Crippen molar-refractivity contribution in [2.45, 2.75) is 117 Å². The van der Waals surface area contributed by atoms with Gasteiger partial charge in [-0.2, -0.15) is 0 Å². The van der Waals surface area contributed by atoms with Gasteiger partial charge < -0.3 is 33.7 Å². The number of hydrogen-bond acceptors (Lipinski definition) is 16. The van der Waals surface area contributed by atoms with Crippen LogP contribution in [0, 0.1) is 0 Å². The molecule has 0 saturated carbocycles. The Kier molecular flexibility index (Phi) is 24.9. The van der Waals surface area contributed by atoms with Crippen LogP contribution in [0.4, 0.5) is 4.79 Å². The lowest BCUT2D eigenvalue weighted by atomic mass is 10.1. The molecule has 5 rings (SSSR count). The summed E-state index contributed by atoms with van der Waals surface area (Å²) in [7, 11) is 0. The molecule has 0 spiro atoms. The molecule has 17 heteroatoms. The number of unbranched alkanes of at least 4 members (excludes halogenated alkanes) is 1. The molecule has 4 aromatic rings. The molecule has 0 aromatic heterocycles. The summed E-state index contributed by atoms with van der Waals surface area (Å²) in [5.41, 5.74) is 1.71. The molecule has 1 N–H and O–H groups in total. The Hall–Kier alpha value is -6.66. The summed E-state index contributed by atoms with van der Waals surface area (Å²) in [6.07, 6.45) is 0.570. The van der Waals surface area contributed by atoms with Gasteiger partial charge in [0.2, 0.25) is 0 Å². The molecule has 412 valence electrons. The molecule has 0 bridgehead atoms. The Labute approximate surface area is 449 Å². The van der Waals surface area contributed by atoms with E-state index in [4.69, 9.17) is 28.4 Å². The van der Waals surface area contributed by atoms with Gasteiger partial charge in [0.25, 0.3) is 0 Å². The van der Waals surface area contributed by atoms with E-state index in [0.717, 1.165) is 22.3 Å². The van der Waals surface area contributed by atoms with Crippen molar-refractivity contribution >= 4 is 35.9 Å². The monoisotopic (exact) mass is 1050 g/mol. The van der Waals surface area contributed by atoms with E-state index in [-0.39, 0.29) is 98.3 Å². The minimum Gasteiger partial charge on any atom is -0.461 e. The average molecular weight is 1050 g/mol. The number of carbonyl (C=O) groups excluding carboxylic acids is 6. The molecule has 76 heavy (non-hydrogen) atoms. The Balaban J connectivity index is 1.43. The highest BCUT2D eigenvalue weighted by atomic mass is 16.6. The van der Waals surface area contributed by atoms with Gasteiger partial charge in [-0.3, -0.25) is 43.6 Å². The van der Waals surface area contributed by atoms with Crippen molar-refractivity contribution in [1.82, 2.24) is 24.9 Å². The maximum Gasteiger partial charge on any atom is 0.407 e. The van der Waals surface area contributed by atoms with Crippen LogP contribution in [0.2, 0.25) is 0 Å². The van der Waals surface area contributed by atoms with E-state index in [0.29, 0.717) is 25.8 Å². The predicted molar refractivity (Wildman–Crippen MR) is 287 cm³/mol.